The molecule has 0 bridgehead atoms. The first-order valence-corrected chi connectivity index (χ1v) is 13.8. The Bertz CT molecular complexity index is 1170. The molecule has 3 rings (SSSR count). The summed E-state index contributed by atoms with van der Waals surface area (Å²) in [6.45, 7) is 4.35. The number of rotatable bonds is 11. The largest absolute Gasteiger partial charge is 0.459 e. The Kier molecular flexibility index (Phi) is 10.4. The van der Waals surface area contributed by atoms with Crippen LogP contribution in [-0.2, 0) is 35.6 Å². The van der Waals surface area contributed by atoms with Gasteiger partial charge in [0.25, 0.3) is 0 Å². The van der Waals surface area contributed by atoms with E-state index >= 15 is 0 Å². The molecule has 208 valence electrons. The first kappa shape index (κ1) is 29.7. The lowest BCUT2D eigenvalue weighted by molar-refractivity contribution is -0.280. The highest BCUT2D eigenvalue weighted by Gasteiger charge is 2.49. The van der Waals surface area contributed by atoms with Crippen LogP contribution in [0, 0.1) is 0 Å². The summed E-state index contributed by atoms with van der Waals surface area (Å²) in [5.74, 6) is -2.02. The zero-order valence-corrected chi connectivity index (χ0v) is 22.0. The molecule has 1 fully saturated rings. The molecule has 0 aromatic heterocycles. The van der Waals surface area contributed by atoms with Crippen molar-refractivity contribution in [2.24, 2.45) is 0 Å². The Morgan fingerprint density at radius 3 is 2.08 bits per heavy atom. The van der Waals surface area contributed by atoms with Crippen molar-refractivity contribution in [2.45, 2.75) is 68.9 Å². The topological polar surface area (TPSA) is 160 Å². The number of carbonyl (C=O) groups is 2. The normalized spacial score (nSPS) is 23.7. The quantitative estimate of drug-likeness (QED) is 0.346. The smallest absolute Gasteiger partial charge is 0.340 e. The molecule has 2 aromatic carbocycles. The molecule has 3 N–H and O–H groups in total. The summed E-state index contributed by atoms with van der Waals surface area (Å²) in [5, 5.41) is 30.7. The summed E-state index contributed by atoms with van der Waals surface area (Å²) in [5.41, 5.74) is 0.619. The van der Waals surface area contributed by atoms with Gasteiger partial charge in [0.1, 0.15) is 24.9 Å². The number of hydrogen-bond donors (Lipinski definition) is 3. The van der Waals surface area contributed by atoms with E-state index in [2.05, 4.69) is 0 Å². The number of ether oxygens (including phenoxy) is 3. The molecule has 11 nitrogen and oxygen atoms in total. The van der Waals surface area contributed by atoms with Crippen LogP contribution >= 0.6 is 0 Å². The molecule has 0 saturated carbocycles. The number of hydrogen-bond acceptors (Lipinski definition) is 10. The maximum atomic E-state index is 12.9. The lowest BCUT2D eigenvalue weighted by Crippen LogP contribution is -2.60. The molecule has 38 heavy (non-hydrogen) atoms. The second kappa shape index (κ2) is 13.3. The summed E-state index contributed by atoms with van der Waals surface area (Å²) in [6, 6.07) is 13.8. The number of aliphatic hydroxyl groups is 3. The Balaban J connectivity index is 1.68. The zero-order valence-electron chi connectivity index (χ0n) is 21.2. The van der Waals surface area contributed by atoms with Crippen LogP contribution in [0.5, 0.6) is 0 Å². The van der Waals surface area contributed by atoms with Crippen molar-refractivity contribution in [1.29, 1.82) is 0 Å². The van der Waals surface area contributed by atoms with E-state index in [1.165, 1.54) is 28.6 Å². The predicted octanol–water partition coefficient (Wildman–Crippen LogP) is 1.21. The van der Waals surface area contributed by atoms with Gasteiger partial charge in [-0.25, -0.2) is 18.0 Å². The van der Waals surface area contributed by atoms with Crippen LogP contribution in [0.2, 0.25) is 0 Å². The molecule has 0 amide bonds. The summed E-state index contributed by atoms with van der Waals surface area (Å²) in [4.78, 5) is 25.2. The lowest BCUT2D eigenvalue weighted by atomic mass is 9.99. The predicted molar refractivity (Wildman–Crippen MR) is 134 cm³/mol. The van der Waals surface area contributed by atoms with Gasteiger partial charge in [0.2, 0.25) is 16.3 Å². The van der Waals surface area contributed by atoms with Gasteiger partial charge in [-0.15, -0.1) is 0 Å². The van der Waals surface area contributed by atoms with Crippen LogP contribution in [-0.4, -0.2) is 83.8 Å². The van der Waals surface area contributed by atoms with Gasteiger partial charge in [-0.3, -0.25) is 0 Å². The molecule has 0 spiro atoms. The van der Waals surface area contributed by atoms with Crippen molar-refractivity contribution in [3.8, 4) is 0 Å². The van der Waals surface area contributed by atoms with Gasteiger partial charge < -0.3 is 29.5 Å². The molecule has 0 unspecified atom stereocenters. The molecule has 12 heteroatoms. The number of nitrogens with zero attached hydrogens (tertiary/aromatic N) is 1. The highest BCUT2D eigenvalue weighted by Crippen LogP contribution is 2.25. The van der Waals surface area contributed by atoms with Crippen LogP contribution < -0.4 is 0 Å². The standard InChI is InChI=1S/C26H33NO10S/c1-3-14-27(15-4-2)38(33,34)19-12-10-18(11-13-19)24(31)37-26-22(30)20(28)21(29)23(36-26)25(32)35-16-17-8-6-5-7-9-17/h5-13,20-23,26,28-30H,3-4,14-16H2,1-2H3/t20-,21-,22+,23-,26-/m0/s1. The molecular weight excluding hydrogens is 518 g/mol. The van der Waals surface area contributed by atoms with Gasteiger partial charge in [0.05, 0.1) is 10.5 Å². The van der Waals surface area contributed by atoms with Crippen LogP contribution in [0.15, 0.2) is 59.5 Å². The van der Waals surface area contributed by atoms with E-state index in [0.717, 1.165) is 0 Å². The molecule has 1 heterocycles. The van der Waals surface area contributed by atoms with Crippen LogP contribution in [0.25, 0.3) is 0 Å². The van der Waals surface area contributed by atoms with E-state index in [9.17, 15) is 33.3 Å². The van der Waals surface area contributed by atoms with E-state index in [4.69, 9.17) is 14.2 Å². The summed E-state index contributed by atoms with van der Waals surface area (Å²) < 4.78 is 42.8. The fourth-order valence-corrected chi connectivity index (χ4v) is 5.51. The zero-order chi connectivity index (χ0) is 27.9. The second-order valence-corrected chi connectivity index (χ2v) is 10.8. The Morgan fingerprint density at radius 1 is 0.895 bits per heavy atom. The van der Waals surface area contributed by atoms with Crippen molar-refractivity contribution in [3.63, 3.8) is 0 Å². The average molecular weight is 552 g/mol. The van der Waals surface area contributed by atoms with Gasteiger partial charge in [-0.2, -0.15) is 4.31 Å². The summed E-state index contributed by atoms with van der Waals surface area (Å²) >= 11 is 0. The van der Waals surface area contributed by atoms with Crippen LogP contribution in [0.1, 0.15) is 42.6 Å². The second-order valence-electron chi connectivity index (χ2n) is 8.82. The average Bonchev–Trinajstić information content (AvgIpc) is 2.92. The molecule has 0 radical (unpaired) electrons. The third-order valence-corrected chi connectivity index (χ3v) is 7.84. The first-order valence-electron chi connectivity index (χ1n) is 12.3. The Labute approximate surface area is 221 Å². The monoisotopic (exact) mass is 551 g/mol. The van der Waals surface area contributed by atoms with Crippen molar-refractivity contribution in [3.05, 3.63) is 65.7 Å². The summed E-state index contributed by atoms with van der Waals surface area (Å²) in [6.07, 6.45) is -7.80. The van der Waals surface area contributed by atoms with Crippen molar-refractivity contribution >= 4 is 22.0 Å². The highest BCUT2D eigenvalue weighted by molar-refractivity contribution is 7.89. The number of esters is 2. The van der Waals surface area contributed by atoms with Crippen LogP contribution in [0.4, 0.5) is 0 Å². The minimum Gasteiger partial charge on any atom is -0.459 e. The van der Waals surface area contributed by atoms with Gasteiger partial charge in [0.15, 0.2) is 6.10 Å². The SMILES string of the molecule is CCCN(CCC)S(=O)(=O)c1ccc(C(=O)O[C@@H]2O[C@H](C(=O)OCc3ccccc3)[C@@H](O)[C@H](O)[C@H]2O)cc1. The highest BCUT2D eigenvalue weighted by atomic mass is 32.2. The number of sulfonamides is 1. The van der Waals surface area contributed by atoms with Crippen molar-refractivity contribution < 1.29 is 47.5 Å². The minimum atomic E-state index is -3.76. The molecule has 1 aliphatic rings. The first-order chi connectivity index (χ1) is 18.1. The molecule has 1 aliphatic heterocycles. The minimum absolute atomic E-state index is 0.00433. The van der Waals surface area contributed by atoms with E-state index in [0.29, 0.717) is 31.5 Å². The fraction of sp³-hybridized carbons (Fsp3) is 0.462. The fourth-order valence-electron chi connectivity index (χ4n) is 3.89. The van der Waals surface area contributed by atoms with Gasteiger partial charge >= 0.3 is 11.9 Å². The lowest BCUT2D eigenvalue weighted by Gasteiger charge is -2.38. The van der Waals surface area contributed by atoms with Crippen molar-refractivity contribution in [2.75, 3.05) is 13.1 Å². The van der Waals surface area contributed by atoms with Crippen LogP contribution in [0.3, 0.4) is 0 Å². The molecule has 1 saturated heterocycles. The van der Waals surface area contributed by atoms with Gasteiger partial charge in [-0.05, 0) is 42.7 Å². The van der Waals surface area contributed by atoms with Crippen molar-refractivity contribution in [1.82, 2.24) is 4.31 Å². The van der Waals surface area contributed by atoms with E-state index < -0.39 is 52.7 Å². The summed E-state index contributed by atoms with van der Waals surface area (Å²) in [7, 11) is -3.76. The molecule has 5 atom stereocenters. The number of benzene rings is 2. The van der Waals surface area contributed by atoms with Gasteiger partial charge in [-0.1, -0.05) is 44.2 Å². The molecule has 2 aromatic rings. The Hall–Kier alpha value is -2.87. The van der Waals surface area contributed by atoms with E-state index in [1.807, 2.05) is 13.8 Å². The van der Waals surface area contributed by atoms with Gasteiger partial charge in [0, 0.05) is 13.1 Å². The number of aliphatic hydroxyl groups excluding tert-OH is 3. The number of carbonyl (C=O) groups excluding carboxylic acids is 2. The molecule has 0 aliphatic carbocycles. The van der Waals surface area contributed by atoms with E-state index in [1.54, 1.807) is 30.3 Å². The Morgan fingerprint density at radius 2 is 1.50 bits per heavy atom. The third-order valence-electron chi connectivity index (χ3n) is 5.92. The molecular formula is C26H33NO10S. The third kappa shape index (κ3) is 6.95. The van der Waals surface area contributed by atoms with E-state index in [-0.39, 0.29) is 17.1 Å². The maximum Gasteiger partial charge on any atom is 0.340 e. The maximum absolute atomic E-state index is 12.9.